The predicted octanol–water partition coefficient (Wildman–Crippen LogP) is 2.23. The van der Waals surface area contributed by atoms with E-state index in [2.05, 4.69) is 4.72 Å². The molecule has 0 atom stereocenters. The number of benzene rings is 2. The van der Waals surface area contributed by atoms with Gasteiger partial charge in [0.25, 0.3) is 10.0 Å². The lowest BCUT2D eigenvalue weighted by Gasteiger charge is -2.11. The van der Waals surface area contributed by atoms with Gasteiger partial charge in [0.15, 0.2) is 11.5 Å². The van der Waals surface area contributed by atoms with Gasteiger partial charge in [0.2, 0.25) is 0 Å². The number of nitrogen functional groups attached to an aromatic ring is 1. The number of ether oxygens (including phenoxy) is 2. The highest BCUT2D eigenvalue weighted by atomic mass is 32.2. The minimum atomic E-state index is -3.70. The third-order valence-corrected chi connectivity index (χ3v) is 4.57. The van der Waals surface area contributed by atoms with E-state index in [9.17, 15) is 8.42 Å². The average molecular weight is 320 g/mol. The van der Waals surface area contributed by atoms with Crippen LogP contribution in [-0.2, 0) is 10.0 Å². The molecule has 3 N–H and O–H groups in total. The van der Waals surface area contributed by atoms with Gasteiger partial charge in [-0.25, -0.2) is 8.42 Å². The van der Waals surface area contributed by atoms with Crippen LogP contribution in [0.5, 0.6) is 11.5 Å². The Morgan fingerprint density at radius 2 is 1.64 bits per heavy atom. The SMILES string of the molecule is Nc1ccc(NS(=O)(=O)c2ccc3c(c2)OCCCO3)cc1. The van der Waals surface area contributed by atoms with Gasteiger partial charge in [0.05, 0.1) is 18.1 Å². The lowest BCUT2D eigenvalue weighted by molar-refractivity contribution is 0.297. The van der Waals surface area contributed by atoms with Crippen LogP contribution >= 0.6 is 0 Å². The van der Waals surface area contributed by atoms with E-state index in [0.29, 0.717) is 36.1 Å². The molecule has 0 radical (unpaired) electrons. The Morgan fingerprint density at radius 3 is 2.36 bits per heavy atom. The summed E-state index contributed by atoms with van der Waals surface area (Å²) in [7, 11) is -3.70. The van der Waals surface area contributed by atoms with Crippen LogP contribution in [0.2, 0.25) is 0 Å². The molecule has 6 nitrogen and oxygen atoms in total. The number of hydrogen-bond donors (Lipinski definition) is 2. The second-order valence-corrected chi connectivity index (χ2v) is 6.57. The molecule has 116 valence electrons. The molecule has 0 aliphatic carbocycles. The number of sulfonamides is 1. The Hall–Kier alpha value is -2.41. The van der Waals surface area contributed by atoms with Gasteiger partial charge in [0, 0.05) is 23.9 Å². The van der Waals surface area contributed by atoms with E-state index in [1.54, 1.807) is 30.3 Å². The van der Waals surface area contributed by atoms with Crippen molar-refractivity contribution < 1.29 is 17.9 Å². The van der Waals surface area contributed by atoms with Gasteiger partial charge in [-0.15, -0.1) is 0 Å². The quantitative estimate of drug-likeness (QED) is 0.846. The molecule has 3 rings (SSSR count). The summed E-state index contributed by atoms with van der Waals surface area (Å²) in [6.07, 6.45) is 0.764. The zero-order chi connectivity index (χ0) is 15.6. The van der Waals surface area contributed by atoms with E-state index in [4.69, 9.17) is 15.2 Å². The van der Waals surface area contributed by atoms with Crippen molar-refractivity contribution in [1.29, 1.82) is 0 Å². The molecule has 22 heavy (non-hydrogen) atoms. The highest BCUT2D eigenvalue weighted by Crippen LogP contribution is 2.32. The largest absolute Gasteiger partial charge is 0.490 e. The Labute approximate surface area is 128 Å². The first-order chi connectivity index (χ1) is 10.5. The fourth-order valence-corrected chi connectivity index (χ4v) is 3.15. The first kappa shape index (κ1) is 14.5. The van der Waals surface area contributed by atoms with Crippen LogP contribution < -0.4 is 19.9 Å². The van der Waals surface area contributed by atoms with Gasteiger partial charge in [-0.1, -0.05) is 0 Å². The molecular weight excluding hydrogens is 304 g/mol. The Kier molecular flexibility index (Phi) is 3.81. The second kappa shape index (κ2) is 5.76. The maximum atomic E-state index is 12.4. The van der Waals surface area contributed by atoms with Crippen LogP contribution in [0.15, 0.2) is 47.4 Å². The number of fused-ring (bicyclic) bond motifs is 1. The van der Waals surface area contributed by atoms with Crippen molar-refractivity contribution in [2.75, 3.05) is 23.7 Å². The number of nitrogens with one attached hydrogen (secondary N) is 1. The Morgan fingerprint density at radius 1 is 0.955 bits per heavy atom. The summed E-state index contributed by atoms with van der Waals surface area (Å²) in [5, 5.41) is 0. The van der Waals surface area contributed by atoms with E-state index in [0.717, 1.165) is 6.42 Å². The van der Waals surface area contributed by atoms with Gasteiger partial charge >= 0.3 is 0 Å². The van der Waals surface area contributed by atoms with Crippen molar-refractivity contribution in [2.24, 2.45) is 0 Å². The molecule has 1 aliphatic rings. The van der Waals surface area contributed by atoms with Gasteiger partial charge in [0.1, 0.15) is 0 Å². The molecule has 0 aromatic heterocycles. The van der Waals surface area contributed by atoms with Crippen LogP contribution in [0.25, 0.3) is 0 Å². The third-order valence-electron chi connectivity index (χ3n) is 3.19. The average Bonchev–Trinajstić information content (AvgIpc) is 2.74. The summed E-state index contributed by atoms with van der Waals surface area (Å²) in [5.74, 6) is 1.00. The standard InChI is InChI=1S/C15H16N2O4S/c16-11-2-4-12(5-3-11)17-22(18,19)13-6-7-14-15(10-13)21-9-1-8-20-14/h2-7,10,17H,1,8-9,16H2. The summed E-state index contributed by atoms with van der Waals surface area (Å²) < 4.78 is 38.4. The van der Waals surface area contributed by atoms with E-state index in [1.165, 1.54) is 12.1 Å². The maximum absolute atomic E-state index is 12.4. The molecule has 0 saturated carbocycles. The molecule has 0 fully saturated rings. The van der Waals surface area contributed by atoms with Crippen molar-refractivity contribution in [3.8, 4) is 11.5 Å². The number of nitrogens with two attached hydrogens (primary N) is 1. The fraction of sp³-hybridized carbons (Fsp3) is 0.200. The molecule has 2 aromatic carbocycles. The summed E-state index contributed by atoms with van der Waals surface area (Å²) in [6, 6.07) is 11.1. The normalized spacial score (nSPS) is 14.2. The van der Waals surface area contributed by atoms with Crippen LogP contribution in [0.4, 0.5) is 11.4 Å². The third kappa shape index (κ3) is 3.09. The van der Waals surface area contributed by atoms with Crippen molar-refractivity contribution in [2.45, 2.75) is 11.3 Å². The van der Waals surface area contributed by atoms with Crippen LogP contribution in [-0.4, -0.2) is 21.6 Å². The summed E-state index contributed by atoms with van der Waals surface area (Å²) >= 11 is 0. The van der Waals surface area contributed by atoms with E-state index >= 15 is 0 Å². The summed E-state index contributed by atoms with van der Waals surface area (Å²) in [5.41, 5.74) is 6.60. The number of hydrogen-bond acceptors (Lipinski definition) is 5. The summed E-state index contributed by atoms with van der Waals surface area (Å²) in [6.45, 7) is 1.06. The van der Waals surface area contributed by atoms with Crippen LogP contribution in [0.1, 0.15) is 6.42 Å². The smallest absolute Gasteiger partial charge is 0.262 e. The molecule has 0 bridgehead atoms. The molecule has 0 unspecified atom stereocenters. The molecule has 0 amide bonds. The lowest BCUT2D eigenvalue weighted by Crippen LogP contribution is -2.13. The minimum Gasteiger partial charge on any atom is -0.490 e. The maximum Gasteiger partial charge on any atom is 0.262 e. The van der Waals surface area contributed by atoms with Crippen LogP contribution in [0, 0.1) is 0 Å². The zero-order valence-corrected chi connectivity index (χ0v) is 12.6. The van der Waals surface area contributed by atoms with E-state index in [1.807, 2.05) is 0 Å². The van der Waals surface area contributed by atoms with E-state index < -0.39 is 10.0 Å². The molecule has 1 aliphatic heterocycles. The second-order valence-electron chi connectivity index (χ2n) is 4.89. The van der Waals surface area contributed by atoms with E-state index in [-0.39, 0.29) is 4.90 Å². The molecule has 2 aromatic rings. The minimum absolute atomic E-state index is 0.119. The summed E-state index contributed by atoms with van der Waals surface area (Å²) in [4.78, 5) is 0.119. The first-order valence-electron chi connectivity index (χ1n) is 6.83. The van der Waals surface area contributed by atoms with Crippen molar-refractivity contribution in [3.63, 3.8) is 0 Å². The highest BCUT2D eigenvalue weighted by Gasteiger charge is 2.18. The van der Waals surface area contributed by atoms with Crippen molar-refractivity contribution >= 4 is 21.4 Å². The highest BCUT2D eigenvalue weighted by molar-refractivity contribution is 7.92. The molecule has 1 heterocycles. The van der Waals surface area contributed by atoms with Gasteiger partial charge in [-0.05, 0) is 36.4 Å². The number of anilines is 2. The fourth-order valence-electron chi connectivity index (χ4n) is 2.08. The van der Waals surface area contributed by atoms with Gasteiger partial charge < -0.3 is 15.2 Å². The van der Waals surface area contributed by atoms with Gasteiger partial charge in [-0.3, -0.25) is 4.72 Å². The van der Waals surface area contributed by atoms with Crippen LogP contribution in [0.3, 0.4) is 0 Å². The van der Waals surface area contributed by atoms with Crippen molar-refractivity contribution in [3.05, 3.63) is 42.5 Å². The zero-order valence-electron chi connectivity index (χ0n) is 11.8. The Balaban J connectivity index is 1.88. The monoisotopic (exact) mass is 320 g/mol. The molecule has 0 saturated heterocycles. The van der Waals surface area contributed by atoms with Gasteiger partial charge in [-0.2, -0.15) is 0 Å². The Bertz CT molecular complexity index is 773. The first-order valence-corrected chi connectivity index (χ1v) is 8.31. The topological polar surface area (TPSA) is 90.7 Å². The molecular formula is C15H16N2O4S. The predicted molar refractivity (Wildman–Crippen MR) is 83.7 cm³/mol. The molecule has 7 heteroatoms. The lowest BCUT2D eigenvalue weighted by atomic mass is 10.3. The number of rotatable bonds is 3. The molecule has 0 spiro atoms. The van der Waals surface area contributed by atoms with Crippen molar-refractivity contribution in [1.82, 2.24) is 0 Å².